The lowest BCUT2D eigenvalue weighted by Crippen LogP contribution is -2.35. The number of fused-ring (bicyclic) bond motifs is 1. The number of hydrogen-bond donors (Lipinski definition) is 1. The smallest absolute Gasteiger partial charge is 0.420 e. The molecule has 0 fully saturated rings. The molecule has 0 radical (unpaired) electrons. The molecule has 0 saturated carbocycles. The fraction of sp³-hybridized carbons (Fsp3) is 0.0870. The van der Waals surface area contributed by atoms with Crippen molar-refractivity contribution in [3.8, 4) is 11.1 Å². The van der Waals surface area contributed by atoms with Crippen molar-refractivity contribution < 1.29 is 14.7 Å². The van der Waals surface area contributed by atoms with E-state index in [1.54, 1.807) is 37.4 Å². The molecule has 4 aromatic rings. The van der Waals surface area contributed by atoms with Gasteiger partial charge in [0.1, 0.15) is 6.54 Å². The van der Waals surface area contributed by atoms with E-state index < -0.39 is 11.8 Å². The van der Waals surface area contributed by atoms with Crippen LogP contribution < -0.4 is 10.6 Å². The molecule has 0 aliphatic rings. The van der Waals surface area contributed by atoms with Crippen LogP contribution in [0.15, 0.2) is 83.7 Å². The second kappa shape index (κ2) is 7.71. The normalized spacial score (nSPS) is 10.8. The van der Waals surface area contributed by atoms with E-state index in [0.29, 0.717) is 15.8 Å². The predicted molar refractivity (Wildman–Crippen MR) is 115 cm³/mol. The number of para-hydroxylation sites is 1. The third-order valence-corrected chi connectivity index (χ3v) is 5.04. The average molecular weight is 401 g/mol. The lowest BCUT2D eigenvalue weighted by molar-refractivity contribution is -0.118. The second-order valence-corrected chi connectivity index (χ2v) is 6.84. The Morgan fingerprint density at radius 3 is 2.13 bits per heavy atom. The van der Waals surface area contributed by atoms with Crippen molar-refractivity contribution in [1.29, 1.82) is 0 Å². The summed E-state index contributed by atoms with van der Waals surface area (Å²) in [6, 6.07) is 23.7. The summed E-state index contributed by atoms with van der Waals surface area (Å²) in [4.78, 5) is 38.8. The van der Waals surface area contributed by atoms with Gasteiger partial charge in [-0.25, -0.2) is 9.59 Å². The van der Waals surface area contributed by atoms with Crippen molar-refractivity contribution in [2.45, 2.75) is 6.54 Å². The van der Waals surface area contributed by atoms with Crippen LogP contribution in [-0.2, 0) is 11.3 Å². The maximum Gasteiger partial charge on any atom is 0.420 e. The van der Waals surface area contributed by atoms with Gasteiger partial charge in [0.15, 0.2) is 0 Å². The number of imidazole rings is 1. The van der Waals surface area contributed by atoms with Gasteiger partial charge in [-0.05, 0) is 35.4 Å². The monoisotopic (exact) mass is 401 g/mol. The molecule has 150 valence electrons. The van der Waals surface area contributed by atoms with E-state index in [0.717, 1.165) is 11.1 Å². The average Bonchev–Trinajstić information content (AvgIpc) is 3.05. The van der Waals surface area contributed by atoms with Crippen LogP contribution in [0.4, 0.5) is 10.5 Å². The van der Waals surface area contributed by atoms with Gasteiger partial charge in [-0.3, -0.25) is 9.36 Å². The largest absolute Gasteiger partial charge is 0.464 e. The molecule has 0 unspecified atom stereocenters. The molecule has 1 heterocycles. The number of rotatable bonds is 4. The Bertz CT molecular complexity index is 1290. The van der Waals surface area contributed by atoms with Gasteiger partial charge in [-0.15, -0.1) is 0 Å². The molecular formula is C23H19N3O4. The zero-order valence-electron chi connectivity index (χ0n) is 16.2. The number of hydrogen-bond acceptors (Lipinski definition) is 3. The fourth-order valence-electron chi connectivity index (χ4n) is 3.44. The van der Waals surface area contributed by atoms with Crippen molar-refractivity contribution >= 4 is 28.7 Å². The van der Waals surface area contributed by atoms with E-state index in [9.17, 15) is 19.5 Å². The summed E-state index contributed by atoms with van der Waals surface area (Å²) in [6.45, 7) is -0.279. The highest BCUT2D eigenvalue weighted by atomic mass is 16.4. The van der Waals surface area contributed by atoms with Gasteiger partial charge in [0.25, 0.3) is 0 Å². The molecule has 0 saturated heterocycles. The maximum absolute atomic E-state index is 12.9. The Hall–Kier alpha value is -4.13. The number of anilines is 1. The number of likely N-dealkylation sites (N-methyl/N-ethyl adjacent to an activating group) is 1. The van der Waals surface area contributed by atoms with Crippen LogP contribution in [0.3, 0.4) is 0 Å². The van der Waals surface area contributed by atoms with Crippen molar-refractivity contribution in [2.24, 2.45) is 0 Å². The summed E-state index contributed by atoms with van der Waals surface area (Å²) < 4.78 is 1.87. The Labute approximate surface area is 172 Å². The van der Waals surface area contributed by atoms with Crippen LogP contribution >= 0.6 is 0 Å². The van der Waals surface area contributed by atoms with E-state index in [1.807, 2.05) is 48.5 Å². The van der Waals surface area contributed by atoms with Gasteiger partial charge in [-0.1, -0.05) is 54.6 Å². The standard InChI is InChI=1S/C23H19N3O4/c1-24(18-10-6-3-7-11-18)21(27)15-25-20-14-17(16-8-4-2-5-9-16)12-13-19(20)26(22(25)28)23(29)30/h2-14H,15H2,1H3,(H,29,30). The van der Waals surface area contributed by atoms with E-state index in [-0.39, 0.29) is 18.0 Å². The molecule has 0 spiro atoms. The van der Waals surface area contributed by atoms with Crippen LogP contribution in [-0.4, -0.2) is 33.3 Å². The second-order valence-electron chi connectivity index (χ2n) is 6.84. The summed E-state index contributed by atoms with van der Waals surface area (Å²) in [6.07, 6.45) is -1.39. The zero-order valence-corrected chi connectivity index (χ0v) is 16.2. The van der Waals surface area contributed by atoms with E-state index >= 15 is 0 Å². The maximum atomic E-state index is 12.9. The van der Waals surface area contributed by atoms with Crippen LogP contribution in [0, 0.1) is 0 Å². The van der Waals surface area contributed by atoms with Crippen molar-refractivity contribution in [3.05, 3.63) is 89.3 Å². The third kappa shape index (κ3) is 3.37. The lowest BCUT2D eigenvalue weighted by Gasteiger charge is -2.17. The first-order chi connectivity index (χ1) is 14.5. The Kier molecular flexibility index (Phi) is 4.93. The predicted octanol–water partition coefficient (Wildman–Crippen LogP) is 3.66. The molecule has 0 bridgehead atoms. The van der Waals surface area contributed by atoms with Crippen LogP contribution in [0.5, 0.6) is 0 Å². The molecule has 1 aromatic heterocycles. The van der Waals surface area contributed by atoms with Crippen molar-refractivity contribution in [3.63, 3.8) is 0 Å². The number of carboxylic acid groups (broad SMARTS) is 1. The molecule has 3 aromatic carbocycles. The summed E-state index contributed by atoms with van der Waals surface area (Å²) in [5, 5.41) is 9.54. The highest BCUT2D eigenvalue weighted by Gasteiger charge is 2.21. The fourth-order valence-corrected chi connectivity index (χ4v) is 3.44. The third-order valence-electron chi connectivity index (χ3n) is 5.04. The van der Waals surface area contributed by atoms with E-state index in [2.05, 4.69) is 0 Å². The molecule has 0 aliphatic heterocycles. The van der Waals surface area contributed by atoms with Gasteiger partial charge in [0, 0.05) is 12.7 Å². The van der Waals surface area contributed by atoms with Gasteiger partial charge >= 0.3 is 11.8 Å². The summed E-state index contributed by atoms with van der Waals surface area (Å²) in [7, 11) is 1.62. The molecule has 1 amide bonds. The number of carbonyl (C=O) groups is 2. The number of benzene rings is 3. The summed E-state index contributed by atoms with van der Waals surface area (Å²) in [5.41, 5.74) is 2.29. The minimum Gasteiger partial charge on any atom is -0.464 e. The molecule has 0 aliphatic carbocycles. The van der Waals surface area contributed by atoms with Crippen molar-refractivity contribution in [1.82, 2.24) is 9.13 Å². The quantitative estimate of drug-likeness (QED) is 0.566. The highest BCUT2D eigenvalue weighted by molar-refractivity contribution is 5.95. The Balaban J connectivity index is 1.81. The Morgan fingerprint density at radius 2 is 1.50 bits per heavy atom. The first-order valence-electron chi connectivity index (χ1n) is 9.33. The molecule has 1 N–H and O–H groups in total. The molecule has 7 heteroatoms. The van der Waals surface area contributed by atoms with Gasteiger partial charge in [0.2, 0.25) is 5.91 Å². The van der Waals surface area contributed by atoms with Crippen LogP contribution in [0.2, 0.25) is 0 Å². The van der Waals surface area contributed by atoms with Crippen LogP contribution in [0.25, 0.3) is 22.2 Å². The Morgan fingerprint density at radius 1 is 0.867 bits per heavy atom. The first-order valence-corrected chi connectivity index (χ1v) is 9.33. The van der Waals surface area contributed by atoms with E-state index in [1.165, 1.54) is 9.47 Å². The van der Waals surface area contributed by atoms with E-state index in [4.69, 9.17) is 0 Å². The molecular weight excluding hydrogens is 382 g/mol. The topological polar surface area (TPSA) is 84.5 Å². The SMILES string of the molecule is CN(C(=O)Cn1c(=O)n(C(=O)O)c2ccc(-c3ccccc3)cc21)c1ccccc1. The van der Waals surface area contributed by atoms with Gasteiger partial charge < -0.3 is 10.0 Å². The van der Waals surface area contributed by atoms with Crippen LogP contribution in [0.1, 0.15) is 0 Å². The van der Waals surface area contributed by atoms with Gasteiger partial charge in [-0.2, -0.15) is 4.57 Å². The summed E-state index contributed by atoms with van der Waals surface area (Å²) in [5.74, 6) is -0.335. The lowest BCUT2D eigenvalue weighted by atomic mass is 10.1. The van der Waals surface area contributed by atoms with Crippen molar-refractivity contribution in [2.75, 3.05) is 11.9 Å². The zero-order chi connectivity index (χ0) is 21.3. The number of nitrogens with zero attached hydrogens (tertiary/aromatic N) is 3. The summed E-state index contributed by atoms with van der Waals surface area (Å²) >= 11 is 0. The number of amides is 1. The number of aromatic nitrogens is 2. The molecule has 0 atom stereocenters. The molecule has 4 rings (SSSR count). The highest BCUT2D eigenvalue weighted by Crippen LogP contribution is 2.24. The molecule has 7 nitrogen and oxygen atoms in total. The number of carbonyl (C=O) groups excluding carboxylic acids is 1. The first kappa shape index (κ1) is 19.2. The molecule has 30 heavy (non-hydrogen) atoms. The minimum absolute atomic E-state index is 0.238. The van der Waals surface area contributed by atoms with Gasteiger partial charge in [0.05, 0.1) is 11.0 Å². The minimum atomic E-state index is -1.39.